The lowest BCUT2D eigenvalue weighted by Crippen LogP contribution is -1.88. The van der Waals surface area contributed by atoms with Gasteiger partial charge in [0, 0.05) is 5.33 Å². The summed E-state index contributed by atoms with van der Waals surface area (Å²) in [7, 11) is 0. The van der Waals surface area contributed by atoms with E-state index in [0.29, 0.717) is 22.3 Å². The van der Waals surface area contributed by atoms with E-state index in [4.69, 9.17) is 4.42 Å². The SMILES string of the molecule is Cc1ccc(-c2ocnc2CBr)c(F)c1. The lowest BCUT2D eigenvalue weighted by atomic mass is 10.1. The minimum absolute atomic E-state index is 0.283. The van der Waals surface area contributed by atoms with Crippen molar-refractivity contribution in [2.24, 2.45) is 0 Å². The van der Waals surface area contributed by atoms with E-state index in [2.05, 4.69) is 20.9 Å². The van der Waals surface area contributed by atoms with Gasteiger partial charge in [-0.05, 0) is 24.6 Å². The summed E-state index contributed by atoms with van der Waals surface area (Å²) in [6, 6.07) is 5.03. The van der Waals surface area contributed by atoms with Crippen LogP contribution < -0.4 is 0 Å². The van der Waals surface area contributed by atoms with Gasteiger partial charge >= 0.3 is 0 Å². The third-order valence-electron chi connectivity index (χ3n) is 2.14. The Labute approximate surface area is 95.3 Å². The molecule has 2 nitrogen and oxygen atoms in total. The molecule has 0 aliphatic heterocycles. The predicted octanol–water partition coefficient (Wildman–Crippen LogP) is 3.68. The second-order valence-electron chi connectivity index (χ2n) is 3.25. The maximum atomic E-state index is 13.6. The van der Waals surface area contributed by atoms with E-state index < -0.39 is 0 Å². The molecule has 0 saturated heterocycles. The molecule has 2 aromatic rings. The van der Waals surface area contributed by atoms with Gasteiger partial charge in [-0.2, -0.15) is 0 Å². The molecule has 0 N–H and O–H groups in total. The van der Waals surface area contributed by atoms with Crippen LogP contribution in [0.15, 0.2) is 29.0 Å². The minimum Gasteiger partial charge on any atom is -0.443 e. The van der Waals surface area contributed by atoms with Crippen molar-refractivity contribution in [2.75, 3.05) is 0 Å². The topological polar surface area (TPSA) is 26.0 Å². The molecule has 0 saturated carbocycles. The highest BCUT2D eigenvalue weighted by atomic mass is 79.9. The quantitative estimate of drug-likeness (QED) is 0.778. The van der Waals surface area contributed by atoms with Crippen molar-refractivity contribution in [1.29, 1.82) is 0 Å². The van der Waals surface area contributed by atoms with E-state index in [1.165, 1.54) is 12.5 Å². The molecule has 0 unspecified atom stereocenters. The summed E-state index contributed by atoms with van der Waals surface area (Å²) in [6.45, 7) is 1.85. The van der Waals surface area contributed by atoms with Crippen LogP contribution >= 0.6 is 15.9 Å². The van der Waals surface area contributed by atoms with Crippen LogP contribution in [0.3, 0.4) is 0 Å². The van der Waals surface area contributed by atoms with Crippen LogP contribution in [0.25, 0.3) is 11.3 Å². The molecule has 1 aromatic heterocycles. The van der Waals surface area contributed by atoms with Gasteiger partial charge in [-0.3, -0.25) is 0 Å². The van der Waals surface area contributed by atoms with E-state index in [-0.39, 0.29) is 5.82 Å². The van der Waals surface area contributed by atoms with Crippen molar-refractivity contribution in [3.05, 3.63) is 41.7 Å². The Kier molecular flexibility index (Phi) is 2.86. The Balaban J connectivity index is 2.54. The van der Waals surface area contributed by atoms with Gasteiger partial charge in [-0.1, -0.05) is 22.0 Å². The molecule has 4 heteroatoms. The summed E-state index contributed by atoms with van der Waals surface area (Å²) in [4.78, 5) is 3.99. The van der Waals surface area contributed by atoms with Gasteiger partial charge in [0.1, 0.15) is 5.82 Å². The van der Waals surface area contributed by atoms with E-state index in [1.807, 2.05) is 13.0 Å². The van der Waals surface area contributed by atoms with Crippen molar-refractivity contribution in [3.63, 3.8) is 0 Å². The van der Waals surface area contributed by atoms with Crippen LogP contribution in [0, 0.1) is 12.7 Å². The van der Waals surface area contributed by atoms with Gasteiger partial charge < -0.3 is 4.42 Å². The van der Waals surface area contributed by atoms with E-state index in [0.717, 1.165) is 5.56 Å². The standard InChI is InChI=1S/C11H9BrFNO/c1-7-2-3-8(9(13)4-7)11-10(5-12)14-6-15-11/h2-4,6H,5H2,1H3. The number of alkyl halides is 1. The molecular formula is C11H9BrFNO. The monoisotopic (exact) mass is 269 g/mol. The molecule has 78 valence electrons. The molecule has 0 aliphatic rings. The Morgan fingerprint density at radius 2 is 2.27 bits per heavy atom. The minimum atomic E-state index is -0.283. The Hall–Kier alpha value is -1.16. The number of aryl methyl sites for hydroxylation is 1. The fraction of sp³-hybridized carbons (Fsp3) is 0.182. The molecule has 0 spiro atoms. The van der Waals surface area contributed by atoms with Crippen molar-refractivity contribution in [1.82, 2.24) is 4.98 Å². The summed E-state index contributed by atoms with van der Waals surface area (Å²) >= 11 is 3.28. The van der Waals surface area contributed by atoms with Crippen LogP contribution in [-0.2, 0) is 5.33 Å². The zero-order valence-electron chi connectivity index (χ0n) is 8.13. The Morgan fingerprint density at radius 3 is 2.93 bits per heavy atom. The average molecular weight is 270 g/mol. The first-order chi connectivity index (χ1) is 7.22. The number of benzene rings is 1. The smallest absolute Gasteiger partial charge is 0.181 e. The Bertz CT molecular complexity index is 481. The number of hydrogen-bond donors (Lipinski definition) is 0. The number of halogens is 2. The molecule has 0 atom stereocenters. The second kappa shape index (κ2) is 4.14. The summed E-state index contributed by atoms with van der Waals surface area (Å²) in [5, 5.41) is 0.548. The maximum absolute atomic E-state index is 13.6. The van der Waals surface area contributed by atoms with Gasteiger partial charge in [0.05, 0.1) is 11.3 Å². The zero-order valence-corrected chi connectivity index (χ0v) is 9.71. The molecule has 0 amide bonds. The first-order valence-corrected chi connectivity index (χ1v) is 5.59. The first-order valence-electron chi connectivity index (χ1n) is 4.47. The number of nitrogens with zero attached hydrogens (tertiary/aromatic N) is 1. The number of hydrogen-bond acceptors (Lipinski definition) is 2. The number of rotatable bonds is 2. The normalized spacial score (nSPS) is 10.6. The predicted molar refractivity (Wildman–Crippen MR) is 59.3 cm³/mol. The fourth-order valence-electron chi connectivity index (χ4n) is 1.39. The largest absolute Gasteiger partial charge is 0.443 e. The van der Waals surface area contributed by atoms with Crippen molar-refractivity contribution < 1.29 is 8.81 Å². The van der Waals surface area contributed by atoms with Gasteiger partial charge in [0.25, 0.3) is 0 Å². The molecule has 15 heavy (non-hydrogen) atoms. The van der Waals surface area contributed by atoms with Crippen LogP contribution in [0.5, 0.6) is 0 Å². The summed E-state index contributed by atoms with van der Waals surface area (Å²) in [5.74, 6) is 0.207. The zero-order chi connectivity index (χ0) is 10.8. The molecule has 0 aliphatic carbocycles. The van der Waals surface area contributed by atoms with Gasteiger partial charge in [0.15, 0.2) is 12.2 Å². The number of aromatic nitrogens is 1. The highest BCUT2D eigenvalue weighted by Gasteiger charge is 2.13. The van der Waals surface area contributed by atoms with E-state index >= 15 is 0 Å². The fourth-order valence-corrected chi connectivity index (χ4v) is 1.79. The highest BCUT2D eigenvalue weighted by Crippen LogP contribution is 2.27. The van der Waals surface area contributed by atoms with Gasteiger partial charge in [-0.15, -0.1) is 0 Å². The molecule has 1 heterocycles. The van der Waals surface area contributed by atoms with Crippen LogP contribution in [-0.4, -0.2) is 4.98 Å². The average Bonchev–Trinajstić information content (AvgIpc) is 2.65. The molecule has 0 radical (unpaired) electrons. The van der Waals surface area contributed by atoms with Crippen molar-refractivity contribution in [2.45, 2.75) is 12.3 Å². The lowest BCUT2D eigenvalue weighted by Gasteiger charge is -2.01. The molecule has 1 aromatic carbocycles. The summed E-state index contributed by atoms with van der Waals surface area (Å²) in [6.07, 6.45) is 1.32. The molecule has 0 bridgehead atoms. The van der Waals surface area contributed by atoms with Crippen LogP contribution in [0.2, 0.25) is 0 Å². The third-order valence-corrected chi connectivity index (χ3v) is 2.67. The van der Waals surface area contributed by atoms with Gasteiger partial charge in [0.2, 0.25) is 0 Å². The summed E-state index contributed by atoms with van der Waals surface area (Å²) in [5.41, 5.74) is 2.04. The van der Waals surface area contributed by atoms with Crippen molar-refractivity contribution in [3.8, 4) is 11.3 Å². The molecule has 0 fully saturated rings. The highest BCUT2D eigenvalue weighted by molar-refractivity contribution is 9.08. The first kappa shape index (κ1) is 10.4. The van der Waals surface area contributed by atoms with Gasteiger partial charge in [-0.25, -0.2) is 9.37 Å². The van der Waals surface area contributed by atoms with E-state index in [1.54, 1.807) is 6.07 Å². The summed E-state index contributed by atoms with van der Waals surface area (Å²) < 4.78 is 18.8. The number of oxazole rings is 1. The Morgan fingerprint density at radius 1 is 1.47 bits per heavy atom. The molecule has 2 rings (SSSR count). The third kappa shape index (κ3) is 1.95. The maximum Gasteiger partial charge on any atom is 0.181 e. The van der Waals surface area contributed by atoms with Crippen LogP contribution in [0.4, 0.5) is 4.39 Å². The lowest BCUT2D eigenvalue weighted by molar-refractivity contribution is 0.560. The second-order valence-corrected chi connectivity index (χ2v) is 3.81. The van der Waals surface area contributed by atoms with Crippen LogP contribution in [0.1, 0.15) is 11.3 Å². The molecular weight excluding hydrogens is 261 g/mol. The van der Waals surface area contributed by atoms with Crippen molar-refractivity contribution >= 4 is 15.9 Å². The van der Waals surface area contributed by atoms with E-state index in [9.17, 15) is 4.39 Å².